The topological polar surface area (TPSA) is 56.6 Å². The van der Waals surface area contributed by atoms with Crippen molar-refractivity contribution in [1.29, 1.82) is 0 Å². The number of aryl methyl sites for hydroxylation is 1. The zero-order valence-electron chi connectivity index (χ0n) is 22.2. The van der Waals surface area contributed by atoms with Crippen LogP contribution in [0.2, 0.25) is 18.1 Å². The first-order valence-corrected chi connectivity index (χ1v) is 16.2. The lowest BCUT2D eigenvalue weighted by Gasteiger charge is -2.47. The fraction of sp³-hybridized carbons (Fsp3) is 0.692. The van der Waals surface area contributed by atoms with Gasteiger partial charge in [0.05, 0.1) is 24.0 Å². The molecule has 2 atom stereocenters. The molecule has 2 aromatic rings. The number of hydrogen-bond donors (Lipinski definition) is 0. The third-order valence-corrected chi connectivity index (χ3v) is 12.2. The second-order valence-electron chi connectivity index (χ2n) is 12.0. The molecule has 6 nitrogen and oxygen atoms in total. The van der Waals surface area contributed by atoms with Gasteiger partial charge in [0.25, 0.3) is 0 Å². The average Bonchev–Trinajstić information content (AvgIpc) is 3.11. The summed E-state index contributed by atoms with van der Waals surface area (Å²) in [6.07, 6.45) is 5.44. The van der Waals surface area contributed by atoms with Gasteiger partial charge in [-0.3, -0.25) is 0 Å². The summed E-state index contributed by atoms with van der Waals surface area (Å²) in [6.45, 7) is 18.7. The maximum absolute atomic E-state index is 13.2. The van der Waals surface area contributed by atoms with E-state index in [-0.39, 0.29) is 23.3 Å². The molecule has 1 fully saturated rings. The van der Waals surface area contributed by atoms with Crippen molar-refractivity contribution < 1.29 is 14.0 Å². The number of imidazole rings is 1. The van der Waals surface area contributed by atoms with Crippen molar-refractivity contribution in [2.24, 2.45) is 0 Å². The van der Waals surface area contributed by atoms with Gasteiger partial charge in [0.1, 0.15) is 11.1 Å². The first-order chi connectivity index (χ1) is 15.7. The Morgan fingerprint density at radius 2 is 1.91 bits per heavy atom. The minimum atomic E-state index is -1.98. The molecule has 0 aliphatic carbocycles. The molecule has 1 aromatic heterocycles. The van der Waals surface area contributed by atoms with E-state index >= 15 is 0 Å². The highest BCUT2D eigenvalue weighted by Crippen LogP contribution is 2.40. The van der Waals surface area contributed by atoms with E-state index in [0.29, 0.717) is 0 Å². The number of carbonyl (C=O) groups is 1. The van der Waals surface area contributed by atoms with Gasteiger partial charge in [0, 0.05) is 17.6 Å². The van der Waals surface area contributed by atoms with Crippen molar-refractivity contribution in [3.05, 3.63) is 29.0 Å². The molecule has 1 saturated heterocycles. The van der Waals surface area contributed by atoms with Crippen molar-refractivity contribution >= 4 is 41.4 Å². The van der Waals surface area contributed by atoms with E-state index in [4.69, 9.17) is 9.16 Å². The number of ether oxygens (including phenoxy) is 1. The van der Waals surface area contributed by atoms with Crippen LogP contribution in [-0.4, -0.2) is 53.2 Å². The average molecular weight is 553 g/mol. The second kappa shape index (κ2) is 10.3. The molecular formula is C26H42BrN3O3Si. The third kappa shape index (κ3) is 6.43. The number of para-hydroxylation sites is 1. The lowest BCUT2D eigenvalue weighted by molar-refractivity contribution is -0.0219. The van der Waals surface area contributed by atoms with E-state index in [1.54, 1.807) is 0 Å². The highest BCUT2D eigenvalue weighted by atomic mass is 79.9. The van der Waals surface area contributed by atoms with Crippen LogP contribution in [0.3, 0.4) is 0 Å². The number of aromatic nitrogens is 2. The largest absolute Gasteiger partial charge is 0.444 e. The molecule has 190 valence electrons. The number of carbonyl (C=O) groups excluding carboxylic acids is 1. The van der Waals surface area contributed by atoms with Gasteiger partial charge in [-0.1, -0.05) is 26.8 Å². The number of halogens is 1. The van der Waals surface area contributed by atoms with Crippen LogP contribution in [-0.2, 0) is 15.7 Å². The van der Waals surface area contributed by atoms with E-state index in [1.807, 2.05) is 44.1 Å². The van der Waals surface area contributed by atoms with E-state index in [0.717, 1.165) is 54.3 Å². The summed E-state index contributed by atoms with van der Waals surface area (Å²) in [7, 11) is -1.98. The highest BCUT2D eigenvalue weighted by Gasteiger charge is 2.44. The van der Waals surface area contributed by atoms with Crippen LogP contribution in [0, 0.1) is 0 Å². The van der Waals surface area contributed by atoms with Crippen LogP contribution >= 0.6 is 15.9 Å². The van der Waals surface area contributed by atoms with E-state index in [1.165, 1.54) is 0 Å². The van der Waals surface area contributed by atoms with Crippen molar-refractivity contribution in [2.45, 2.75) is 110 Å². The quantitative estimate of drug-likeness (QED) is 0.351. The number of benzene rings is 1. The SMILES string of the molecule is CC(C)(C)OC(=O)N1CCC[C@H](O[Si](C)(C)C(C)(C)C)[C@H]1CCCn1cnc2c(Br)cccc21. The van der Waals surface area contributed by atoms with Gasteiger partial charge in [0.15, 0.2) is 8.32 Å². The summed E-state index contributed by atoms with van der Waals surface area (Å²) in [6, 6.07) is 6.17. The molecule has 0 saturated carbocycles. The van der Waals surface area contributed by atoms with Crippen LogP contribution in [0.5, 0.6) is 0 Å². The predicted octanol–water partition coefficient (Wildman–Crippen LogP) is 7.37. The maximum atomic E-state index is 13.2. The van der Waals surface area contributed by atoms with Crippen LogP contribution in [0.15, 0.2) is 29.0 Å². The molecule has 1 aliphatic rings. The Labute approximate surface area is 214 Å². The fourth-order valence-electron chi connectivity index (χ4n) is 4.31. The summed E-state index contributed by atoms with van der Waals surface area (Å²) in [5, 5.41) is 0.120. The summed E-state index contributed by atoms with van der Waals surface area (Å²) in [4.78, 5) is 19.7. The van der Waals surface area contributed by atoms with Crippen molar-refractivity contribution in [2.75, 3.05) is 6.54 Å². The van der Waals surface area contributed by atoms with E-state index < -0.39 is 13.9 Å². The van der Waals surface area contributed by atoms with Gasteiger partial charge in [-0.2, -0.15) is 0 Å². The zero-order chi connectivity index (χ0) is 25.3. The first-order valence-electron chi connectivity index (χ1n) is 12.5. The third-order valence-electron chi connectivity index (χ3n) is 7.10. The first kappa shape index (κ1) is 27.2. The van der Waals surface area contributed by atoms with E-state index in [2.05, 4.69) is 65.4 Å². The van der Waals surface area contributed by atoms with Crippen LogP contribution in [0.25, 0.3) is 11.0 Å². The Bertz CT molecular complexity index is 993. The molecule has 3 rings (SSSR count). The number of nitrogens with zero attached hydrogens (tertiary/aromatic N) is 3. The number of rotatable bonds is 6. The number of likely N-dealkylation sites (tertiary alicyclic amines) is 1. The molecular weight excluding hydrogens is 510 g/mol. The summed E-state index contributed by atoms with van der Waals surface area (Å²) in [5.41, 5.74) is 1.59. The predicted molar refractivity (Wildman–Crippen MR) is 145 cm³/mol. The molecule has 2 heterocycles. The van der Waals surface area contributed by atoms with Gasteiger partial charge in [-0.15, -0.1) is 0 Å². The number of hydrogen-bond acceptors (Lipinski definition) is 4. The molecule has 8 heteroatoms. The Kier molecular flexibility index (Phi) is 8.25. The van der Waals surface area contributed by atoms with E-state index in [9.17, 15) is 4.79 Å². The smallest absolute Gasteiger partial charge is 0.410 e. The van der Waals surface area contributed by atoms with Gasteiger partial charge in [-0.25, -0.2) is 9.78 Å². The zero-order valence-corrected chi connectivity index (χ0v) is 24.7. The number of amides is 1. The minimum Gasteiger partial charge on any atom is -0.444 e. The normalized spacial score (nSPS) is 20.1. The van der Waals surface area contributed by atoms with Gasteiger partial charge in [0.2, 0.25) is 0 Å². The molecule has 0 spiro atoms. The van der Waals surface area contributed by atoms with Gasteiger partial charge in [-0.05, 0) is 92.6 Å². The Hall–Kier alpha value is -1.38. The standard InChI is InChI=1S/C26H42BrN3O3Si/c1-25(2,3)32-24(31)30-17-11-15-22(33-34(7,8)26(4,5)6)20(30)14-10-16-29-18-28-23-19(27)12-9-13-21(23)29/h9,12-13,18,20,22H,10-11,14-17H2,1-8H3/t20-,22+/m1/s1. The minimum absolute atomic E-state index is 0.0132. The van der Waals surface area contributed by atoms with Crippen molar-refractivity contribution in [3.63, 3.8) is 0 Å². The lowest BCUT2D eigenvalue weighted by atomic mass is 9.95. The summed E-state index contributed by atoms with van der Waals surface area (Å²) < 4.78 is 15.9. The van der Waals surface area contributed by atoms with Gasteiger partial charge >= 0.3 is 6.09 Å². The Morgan fingerprint density at radius 1 is 1.21 bits per heavy atom. The molecule has 1 amide bonds. The number of piperidine rings is 1. The van der Waals surface area contributed by atoms with Crippen LogP contribution in [0.1, 0.15) is 67.2 Å². The number of fused-ring (bicyclic) bond motifs is 1. The summed E-state index contributed by atoms with van der Waals surface area (Å²) in [5.74, 6) is 0. The van der Waals surface area contributed by atoms with Crippen LogP contribution in [0.4, 0.5) is 4.79 Å². The molecule has 0 radical (unpaired) electrons. The molecule has 0 bridgehead atoms. The second-order valence-corrected chi connectivity index (χ2v) is 17.6. The molecule has 1 aromatic carbocycles. The maximum Gasteiger partial charge on any atom is 0.410 e. The lowest BCUT2D eigenvalue weighted by Crippen LogP contribution is -2.56. The van der Waals surface area contributed by atoms with Gasteiger partial charge < -0.3 is 18.6 Å². The van der Waals surface area contributed by atoms with Crippen molar-refractivity contribution in [3.8, 4) is 0 Å². The highest BCUT2D eigenvalue weighted by molar-refractivity contribution is 9.10. The monoisotopic (exact) mass is 551 g/mol. The fourth-order valence-corrected chi connectivity index (χ4v) is 6.15. The summed E-state index contributed by atoms with van der Waals surface area (Å²) >= 11 is 3.59. The molecule has 34 heavy (non-hydrogen) atoms. The molecule has 1 aliphatic heterocycles. The Balaban J connectivity index is 1.79. The molecule has 0 N–H and O–H groups in total. The van der Waals surface area contributed by atoms with Crippen LogP contribution < -0.4 is 0 Å². The van der Waals surface area contributed by atoms with Crippen molar-refractivity contribution in [1.82, 2.24) is 14.5 Å². The Morgan fingerprint density at radius 3 is 2.56 bits per heavy atom. The molecule has 0 unspecified atom stereocenters.